The molecule has 4 aromatic rings. The van der Waals surface area contributed by atoms with Gasteiger partial charge in [0.25, 0.3) is 0 Å². The number of H-pyrrole nitrogens is 1. The van der Waals surface area contributed by atoms with Crippen molar-refractivity contribution in [1.82, 2.24) is 24.6 Å². The highest BCUT2D eigenvalue weighted by atomic mass is 35.5. The van der Waals surface area contributed by atoms with E-state index in [0.29, 0.717) is 40.0 Å². The number of anilines is 1. The quantitative estimate of drug-likeness (QED) is 0.392. The highest BCUT2D eigenvalue weighted by Gasteiger charge is 2.21. The first-order chi connectivity index (χ1) is 14.1. The summed E-state index contributed by atoms with van der Waals surface area (Å²) in [7, 11) is 0. The first-order valence-electron chi connectivity index (χ1n) is 8.96. The molecule has 0 saturated heterocycles. The number of hydrogen-bond donors (Lipinski definition) is 2. The standard InChI is InChI=1S/C17H10ClFN6O.C3H6/c1-2-3-9-16(19)15(18)14(10-4-22-24-17(9)10)11-6-25-7-12(21-8-26)23-13(25)5-20-11;1-2-3-1/h4-8H,1H3,(H,21,26)(H,22,24);1-3H2. The number of nitrogens with zero attached hydrogens (tertiary/aromatic N) is 4. The Labute approximate surface area is 170 Å². The number of halogens is 2. The fourth-order valence-corrected chi connectivity index (χ4v) is 3.06. The first-order valence-corrected chi connectivity index (χ1v) is 9.34. The van der Waals surface area contributed by atoms with Gasteiger partial charge in [-0.1, -0.05) is 36.8 Å². The summed E-state index contributed by atoms with van der Waals surface area (Å²) in [6.45, 7) is 1.61. The van der Waals surface area contributed by atoms with Gasteiger partial charge in [-0.15, -0.1) is 5.92 Å². The SMILES string of the molecule is C1CC1.CC#Cc1c(F)c(Cl)c(-c2cn3cc(NC=O)nc3cn2)c2cn[nH]c12. The first kappa shape index (κ1) is 18.9. The fourth-order valence-electron chi connectivity index (χ4n) is 2.76. The number of aromatic amines is 1. The molecule has 146 valence electrons. The third kappa shape index (κ3) is 3.65. The van der Waals surface area contributed by atoms with Crippen LogP contribution in [0.1, 0.15) is 31.7 Å². The normalized spacial score (nSPS) is 12.1. The van der Waals surface area contributed by atoms with Crippen LogP contribution in [0.4, 0.5) is 10.2 Å². The number of amides is 1. The molecule has 29 heavy (non-hydrogen) atoms. The lowest BCUT2D eigenvalue weighted by Crippen LogP contribution is -1.96. The summed E-state index contributed by atoms with van der Waals surface area (Å²) < 4.78 is 16.4. The van der Waals surface area contributed by atoms with Gasteiger partial charge in [0.05, 0.1) is 40.4 Å². The zero-order valence-corrected chi connectivity index (χ0v) is 16.2. The van der Waals surface area contributed by atoms with Crippen LogP contribution in [0.3, 0.4) is 0 Å². The van der Waals surface area contributed by atoms with E-state index in [1.807, 2.05) is 0 Å². The minimum Gasteiger partial charge on any atom is -0.312 e. The molecule has 0 spiro atoms. The molecule has 0 bridgehead atoms. The van der Waals surface area contributed by atoms with Gasteiger partial charge >= 0.3 is 0 Å². The minimum atomic E-state index is -0.636. The van der Waals surface area contributed by atoms with Crippen LogP contribution in [0.5, 0.6) is 0 Å². The molecule has 1 aliphatic rings. The monoisotopic (exact) mass is 410 g/mol. The van der Waals surface area contributed by atoms with Crippen LogP contribution in [-0.2, 0) is 4.79 Å². The maximum Gasteiger partial charge on any atom is 0.212 e. The number of carbonyl (C=O) groups is 1. The molecule has 0 aliphatic heterocycles. The van der Waals surface area contributed by atoms with Crippen molar-refractivity contribution in [2.24, 2.45) is 0 Å². The lowest BCUT2D eigenvalue weighted by atomic mass is 10.0. The van der Waals surface area contributed by atoms with Crippen molar-refractivity contribution in [2.75, 3.05) is 5.32 Å². The van der Waals surface area contributed by atoms with Gasteiger partial charge in [-0.05, 0) is 6.92 Å². The van der Waals surface area contributed by atoms with E-state index in [9.17, 15) is 9.18 Å². The molecule has 1 amide bonds. The Hall–Kier alpha value is -3.44. The fraction of sp³-hybridized carbons (Fsp3) is 0.200. The number of aromatic nitrogens is 5. The van der Waals surface area contributed by atoms with Crippen molar-refractivity contribution >= 4 is 40.4 Å². The van der Waals surface area contributed by atoms with E-state index in [-0.39, 0.29) is 10.6 Å². The van der Waals surface area contributed by atoms with E-state index in [1.54, 1.807) is 29.9 Å². The Morgan fingerprint density at radius 3 is 2.79 bits per heavy atom. The molecule has 7 nitrogen and oxygen atoms in total. The second kappa shape index (κ2) is 7.89. The van der Waals surface area contributed by atoms with E-state index < -0.39 is 5.82 Å². The van der Waals surface area contributed by atoms with Gasteiger partial charge in [0.2, 0.25) is 6.41 Å². The van der Waals surface area contributed by atoms with Crippen LogP contribution in [0.25, 0.3) is 27.8 Å². The van der Waals surface area contributed by atoms with Crippen LogP contribution < -0.4 is 5.32 Å². The highest BCUT2D eigenvalue weighted by Crippen LogP contribution is 2.38. The second-order valence-electron chi connectivity index (χ2n) is 6.40. The molecular weight excluding hydrogens is 395 g/mol. The Bertz CT molecular complexity index is 1280. The number of benzene rings is 1. The van der Waals surface area contributed by atoms with Crippen LogP contribution >= 0.6 is 11.6 Å². The maximum absolute atomic E-state index is 14.8. The molecule has 1 fully saturated rings. The van der Waals surface area contributed by atoms with Crippen LogP contribution in [0, 0.1) is 17.7 Å². The third-order valence-electron chi connectivity index (χ3n) is 4.20. The predicted molar refractivity (Wildman–Crippen MR) is 109 cm³/mol. The van der Waals surface area contributed by atoms with E-state index >= 15 is 0 Å². The number of rotatable bonds is 3. The second-order valence-corrected chi connectivity index (χ2v) is 6.78. The molecule has 1 aromatic carbocycles. The Morgan fingerprint density at radius 1 is 1.31 bits per heavy atom. The lowest BCUT2D eigenvalue weighted by molar-refractivity contribution is -0.105. The molecule has 1 aliphatic carbocycles. The lowest BCUT2D eigenvalue weighted by Gasteiger charge is -2.09. The number of imidazole rings is 1. The zero-order chi connectivity index (χ0) is 20.4. The van der Waals surface area contributed by atoms with Crippen molar-refractivity contribution in [3.05, 3.63) is 41.2 Å². The Balaban J connectivity index is 0.000000626. The maximum atomic E-state index is 14.8. The van der Waals surface area contributed by atoms with E-state index in [0.717, 1.165) is 0 Å². The Kier molecular flexibility index (Phi) is 5.14. The van der Waals surface area contributed by atoms with E-state index in [1.165, 1.54) is 25.5 Å². The smallest absolute Gasteiger partial charge is 0.212 e. The molecular formula is C20H16ClFN6O. The van der Waals surface area contributed by atoms with E-state index in [4.69, 9.17) is 11.6 Å². The summed E-state index contributed by atoms with van der Waals surface area (Å²) in [5.74, 6) is 5.12. The number of carbonyl (C=O) groups excluding carboxylic acids is 1. The molecule has 0 radical (unpaired) electrons. The summed E-state index contributed by atoms with van der Waals surface area (Å²) >= 11 is 6.30. The van der Waals surface area contributed by atoms with Gasteiger partial charge in [-0.3, -0.25) is 14.9 Å². The molecule has 3 aromatic heterocycles. The van der Waals surface area contributed by atoms with Crippen molar-refractivity contribution in [2.45, 2.75) is 26.2 Å². The number of nitrogens with one attached hydrogen (secondary N) is 2. The summed E-state index contributed by atoms with van der Waals surface area (Å²) in [5.41, 5.74) is 1.96. The summed E-state index contributed by atoms with van der Waals surface area (Å²) in [6, 6.07) is 0. The average molecular weight is 411 g/mol. The third-order valence-corrected chi connectivity index (χ3v) is 4.55. The van der Waals surface area contributed by atoms with Gasteiger partial charge in [-0.2, -0.15) is 5.10 Å². The summed E-state index contributed by atoms with van der Waals surface area (Å²) in [4.78, 5) is 19.1. The largest absolute Gasteiger partial charge is 0.312 e. The van der Waals surface area contributed by atoms with Gasteiger partial charge in [0, 0.05) is 17.1 Å². The number of hydrogen-bond acceptors (Lipinski definition) is 4. The van der Waals surface area contributed by atoms with Crippen molar-refractivity contribution in [1.29, 1.82) is 0 Å². The Morgan fingerprint density at radius 2 is 2.10 bits per heavy atom. The highest BCUT2D eigenvalue weighted by molar-refractivity contribution is 6.35. The van der Waals surface area contributed by atoms with Gasteiger partial charge in [0.1, 0.15) is 0 Å². The topological polar surface area (TPSA) is 88.0 Å². The van der Waals surface area contributed by atoms with Gasteiger partial charge < -0.3 is 9.72 Å². The minimum absolute atomic E-state index is 0.0881. The molecule has 1 saturated carbocycles. The van der Waals surface area contributed by atoms with Crippen molar-refractivity contribution in [3.63, 3.8) is 0 Å². The molecule has 3 heterocycles. The average Bonchev–Trinajstić information content (AvgIpc) is 3.43. The molecule has 5 rings (SSSR count). The molecule has 9 heteroatoms. The molecule has 0 unspecified atom stereocenters. The molecule has 0 atom stereocenters. The summed E-state index contributed by atoms with van der Waals surface area (Å²) in [6.07, 6.45) is 11.4. The van der Waals surface area contributed by atoms with E-state index in [2.05, 4.69) is 37.3 Å². The van der Waals surface area contributed by atoms with Crippen LogP contribution in [0.2, 0.25) is 5.02 Å². The predicted octanol–water partition coefficient (Wildman–Crippen LogP) is 4.18. The molecule has 2 N–H and O–H groups in total. The van der Waals surface area contributed by atoms with Crippen LogP contribution in [0.15, 0.2) is 24.8 Å². The van der Waals surface area contributed by atoms with Gasteiger partial charge in [-0.25, -0.2) is 9.37 Å². The summed E-state index contributed by atoms with van der Waals surface area (Å²) in [5, 5.41) is 9.73. The van der Waals surface area contributed by atoms with Crippen molar-refractivity contribution in [3.8, 4) is 23.1 Å². The van der Waals surface area contributed by atoms with Crippen LogP contribution in [-0.4, -0.2) is 31.0 Å². The van der Waals surface area contributed by atoms with Crippen molar-refractivity contribution < 1.29 is 9.18 Å². The number of fused-ring (bicyclic) bond motifs is 2. The van der Waals surface area contributed by atoms with Gasteiger partial charge in [0.15, 0.2) is 17.3 Å². The zero-order valence-electron chi connectivity index (χ0n) is 15.5.